The summed E-state index contributed by atoms with van der Waals surface area (Å²) in [5.74, 6) is -2.63. The summed E-state index contributed by atoms with van der Waals surface area (Å²) >= 11 is 0. The number of carbonyl (C=O) groups excluding carboxylic acids is 2. The number of nitrogens with zero attached hydrogens (tertiary/aromatic N) is 3. The third-order valence-corrected chi connectivity index (χ3v) is 5.09. The van der Waals surface area contributed by atoms with Gasteiger partial charge in [-0.05, 0) is 12.1 Å². The molecule has 0 unspecified atom stereocenters. The average molecular weight is 447 g/mol. The molecule has 0 saturated carbocycles. The Morgan fingerprint density at radius 3 is 2.38 bits per heavy atom. The summed E-state index contributed by atoms with van der Waals surface area (Å²) in [7, 11) is 0. The van der Waals surface area contributed by atoms with Crippen LogP contribution in [0.1, 0.15) is 17.5 Å². The van der Waals surface area contributed by atoms with Crippen LogP contribution in [0, 0.1) is 0 Å². The molecule has 1 aromatic heterocycles. The molecule has 0 aliphatic carbocycles. The Bertz CT molecular complexity index is 1110. The molecule has 1 fully saturated rings. The average Bonchev–Trinajstić information content (AvgIpc) is 3.17. The van der Waals surface area contributed by atoms with E-state index in [-0.39, 0.29) is 11.0 Å². The maximum absolute atomic E-state index is 13.5. The van der Waals surface area contributed by atoms with Crippen LogP contribution in [0.4, 0.5) is 13.2 Å². The summed E-state index contributed by atoms with van der Waals surface area (Å²) in [6.07, 6.45) is -6.03. The van der Waals surface area contributed by atoms with Crippen molar-refractivity contribution in [2.45, 2.75) is 18.8 Å². The number of hydrogen-bond acceptors (Lipinski definition) is 5. The molecular weight excluding hydrogens is 427 g/mol. The number of halogens is 3. The number of ether oxygens (including phenoxy) is 2. The topological polar surface area (TPSA) is 73.7 Å². The molecule has 1 saturated heterocycles. The van der Waals surface area contributed by atoms with Gasteiger partial charge < -0.3 is 18.9 Å². The first-order valence-electron chi connectivity index (χ1n) is 9.98. The summed E-state index contributed by atoms with van der Waals surface area (Å²) in [4.78, 5) is 31.0. The number of alkyl halides is 3. The maximum atomic E-state index is 13.5. The molecule has 1 aliphatic heterocycles. The first-order valence-corrected chi connectivity index (χ1v) is 9.98. The number of para-hydroxylation sites is 2. The maximum Gasteiger partial charge on any atom is 0.449 e. The van der Waals surface area contributed by atoms with Crippen molar-refractivity contribution in [3.63, 3.8) is 0 Å². The Morgan fingerprint density at radius 2 is 1.69 bits per heavy atom. The van der Waals surface area contributed by atoms with E-state index in [4.69, 9.17) is 9.47 Å². The lowest BCUT2D eigenvalue weighted by Gasteiger charge is -2.30. The van der Waals surface area contributed by atoms with Gasteiger partial charge in [0.1, 0.15) is 6.54 Å². The zero-order chi connectivity index (χ0) is 22.7. The zero-order valence-corrected chi connectivity index (χ0v) is 16.9. The first-order chi connectivity index (χ1) is 15.3. The second kappa shape index (κ2) is 8.99. The van der Waals surface area contributed by atoms with Crippen molar-refractivity contribution < 1.29 is 32.2 Å². The second-order valence-electron chi connectivity index (χ2n) is 7.23. The monoisotopic (exact) mass is 447 g/mol. The van der Waals surface area contributed by atoms with E-state index in [9.17, 15) is 22.8 Å². The molecule has 0 bridgehead atoms. The van der Waals surface area contributed by atoms with Crippen molar-refractivity contribution in [1.82, 2.24) is 14.5 Å². The van der Waals surface area contributed by atoms with E-state index in [2.05, 4.69) is 4.98 Å². The van der Waals surface area contributed by atoms with Gasteiger partial charge >= 0.3 is 12.1 Å². The van der Waals surface area contributed by atoms with Crippen molar-refractivity contribution >= 4 is 22.9 Å². The second-order valence-corrected chi connectivity index (χ2v) is 7.23. The number of morpholine rings is 1. The van der Waals surface area contributed by atoms with Crippen molar-refractivity contribution in [2.24, 2.45) is 0 Å². The molecule has 0 N–H and O–H groups in total. The molecule has 2 heterocycles. The Hall–Kier alpha value is -3.40. The standard InChI is InChI=1S/C22H20F3N3O4/c23-22(24,25)21-26-16-8-4-5-9-17(16)28(21)14-18(29)32-19(15-6-2-1-3-7-15)20(30)27-10-12-31-13-11-27/h1-9,19H,10-14H2/t19-/m0/s1. The van der Waals surface area contributed by atoms with Gasteiger partial charge in [0.15, 0.2) is 0 Å². The van der Waals surface area contributed by atoms with Crippen molar-refractivity contribution in [3.8, 4) is 0 Å². The molecular formula is C22H20F3N3O4. The fourth-order valence-electron chi connectivity index (χ4n) is 3.59. The number of aromatic nitrogens is 2. The highest BCUT2D eigenvalue weighted by Gasteiger charge is 2.38. The Kier molecular flexibility index (Phi) is 6.13. The molecule has 4 rings (SSSR count). The normalized spacial score (nSPS) is 15.5. The minimum absolute atomic E-state index is 0.108. The van der Waals surface area contributed by atoms with Gasteiger partial charge in [-0.2, -0.15) is 13.2 Å². The third kappa shape index (κ3) is 4.59. The van der Waals surface area contributed by atoms with E-state index in [1.165, 1.54) is 17.0 Å². The van der Waals surface area contributed by atoms with Crippen LogP contribution in [0.2, 0.25) is 0 Å². The molecule has 1 aliphatic rings. The first kappa shape index (κ1) is 21.8. The molecule has 2 aromatic carbocycles. The van der Waals surface area contributed by atoms with Gasteiger partial charge in [-0.3, -0.25) is 9.59 Å². The van der Waals surface area contributed by atoms with E-state index < -0.39 is 36.5 Å². The Morgan fingerprint density at radius 1 is 1.03 bits per heavy atom. The van der Waals surface area contributed by atoms with Crippen LogP contribution in [-0.4, -0.2) is 52.6 Å². The zero-order valence-electron chi connectivity index (χ0n) is 16.9. The molecule has 10 heteroatoms. The van der Waals surface area contributed by atoms with E-state index in [1.807, 2.05) is 0 Å². The number of imidazole rings is 1. The molecule has 0 spiro atoms. The highest BCUT2D eigenvalue weighted by molar-refractivity contribution is 5.86. The van der Waals surface area contributed by atoms with Gasteiger partial charge in [0, 0.05) is 18.7 Å². The molecule has 168 valence electrons. The lowest BCUT2D eigenvalue weighted by Crippen LogP contribution is -2.44. The third-order valence-electron chi connectivity index (χ3n) is 5.09. The number of carbonyl (C=O) groups is 2. The summed E-state index contributed by atoms with van der Waals surface area (Å²) in [6.45, 7) is 0.650. The van der Waals surface area contributed by atoms with Crippen LogP contribution in [0.25, 0.3) is 11.0 Å². The quantitative estimate of drug-likeness (QED) is 0.562. The summed E-state index contributed by atoms with van der Waals surface area (Å²) < 4.78 is 52.1. The van der Waals surface area contributed by atoms with Gasteiger partial charge in [-0.1, -0.05) is 42.5 Å². The van der Waals surface area contributed by atoms with Crippen LogP contribution < -0.4 is 0 Å². The lowest BCUT2D eigenvalue weighted by atomic mass is 10.1. The minimum atomic E-state index is -4.76. The highest BCUT2D eigenvalue weighted by atomic mass is 19.4. The number of hydrogen-bond donors (Lipinski definition) is 0. The van der Waals surface area contributed by atoms with Gasteiger partial charge in [0.2, 0.25) is 11.9 Å². The number of fused-ring (bicyclic) bond motifs is 1. The van der Waals surface area contributed by atoms with Crippen LogP contribution in [0.5, 0.6) is 0 Å². The SMILES string of the molecule is O=C(Cn1c(C(F)(F)F)nc2ccccc21)O[C@H](C(=O)N1CCOCC1)c1ccccc1. The molecule has 1 amide bonds. The van der Waals surface area contributed by atoms with Crippen LogP contribution >= 0.6 is 0 Å². The smallest absolute Gasteiger partial charge is 0.446 e. The summed E-state index contributed by atoms with van der Waals surface area (Å²) in [5.41, 5.74) is 0.688. The van der Waals surface area contributed by atoms with Crippen LogP contribution in [-0.2, 0) is 31.8 Å². The highest BCUT2D eigenvalue weighted by Crippen LogP contribution is 2.32. The minimum Gasteiger partial charge on any atom is -0.446 e. The number of esters is 1. The Balaban J connectivity index is 1.61. The van der Waals surface area contributed by atoms with Crippen LogP contribution in [0.3, 0.4) is 0 Å². The fourth-order valence-corrected chi connectivity index (χ4v) is 3.59. The largest absolute Gasteiger partial charge is 0.449 e. The molecule has 1 atom stereocenters. The number of amides is 1. The van der Waals surface area contributed by atoms with Gasteiger partial charge in [-0.15, -0.1) is 0 Å². The predicted octanol–water partition coefficient (Wildman–Crippen LogP) is 3.20. The van der Waals surface area contributed by atoms with Crippen LogP contribution in [0.15, 0.2) is 54.6 Å². The van der Waals surface area contributed by atoms with Crippen molar-refractivity contribution in [3.05, 3.63) is 66.0 Å². The number of rotatable bonds is 5. The van der Waals surface area contributed by atoms with E-state index in [0.717, 1.165) is 4.57 Å². The van der Waals surface area contributed by atoms with E-state index in [0.29, 0.717) is 31.9 Å². The van der Waals surface area contributed by atoms with E-state index >= 15 is 0 Å². The van der Waals surface area contributed by atoms with E-state index in [1.54, 1.807) is 42.5 Å². The summed E-state index contributed by atoms with van der Waals surface area (Å²) in [6, 6.07) is 14.4. The summed E-state index contributed by atoms with van der Waals surface area (Å²) in [5, 5.41) is 0. The Labute approximate surface area is 181 Å². The molecule has 7 nitrogen and oxygen atoms in total. The fraction of sp³-hybridized carbons (Fsp3) is 0.318. The molecule has 32 heavy (non-hydrogen) atoms. The van der Waals surface area contributed by atoms with Crippen molar-refractivity contribution in [1.29, 1.82) is 0 Å². The predicted molar refractivity (Wildman–Crippen MR) is 107 cm³/mol. The van der Waals surface area contributed by atoms with Gasteiger partial charge in [0.25, 0.3) is 5.91 Å². The lowest BCUT2D eigenvalue weighted by molar-refractivity contribution is -0.164. The molecule has 3 aromatic rings. The van der Waals surface area contributed by atoms with Gasteiger partial charge in [0.05, 0.1) is 24.2 Å². The molecule has 0 radical (unpaired) electrons. The number of benzene rings is 2. The van der Waals surface area contributed by atoms with Crippen molar-refractivity contribution in [2.75, 3.05) is 26.3 Å². The van der Waals surface area contributed by atoms with Gasteiger partial charge in [-0.25, -0.2) is 4.98 Å².